The Kier molecular flexibility index (Phi) is 6.58. The van der Waals surface area contributed by atoms with Crippen LogP contribution in [0.25, 0.3) is 0 Å². The molecule has 9 heteroatoms. The van der Waals surface area contributed by atoms with E-state index in [4.69, 9.17) is 26.3 Å². The molecular weight excluding hydrogens is 469 g/mol. The van der Waals surface area contributed by atoms with Gasteiger partial charge in [-0.05, 0) is 62.0 Å². The first-order chi connectivity index (χ1) is 16.9. The summed E-state index contributed by atoms with van der Waals surface area (Å²) in [6, 6.07) is 11.5. The zero-order chi connectivity index (χ0) is 24.5. The summed E-state index contributed by atoms with van der Waals surface area (Å²) in [4.78, 5) is 29.0. The largest absolute Gasteiger partial charge is 0.438 e. The summed E-state index contributed by atoms with van der Waals surface area (Å²) in [5.74, 6) is 1.15. The van der Waals surface area contributed by atoms with Gasteiger partial charge in [0.1, 0.15) is 11.6 Å². The van der Waals surface area contributed by atoms with Crippen molar-refractivity contribution in [3.8, 4) is 11.6 Å². The van der Waals surface area contributed by atoms with E-state index in [1.165, 1.54) is 6.07 Å². The first-order valence-electron chi connectivity index (χ1n) is 11.7. The van der Waals surface area contributed by atoms with Gasteiger partial charge in [0.2, 0.25) is 11.8 Å². The van der Waals surface area contributed by atoms with Crippen molar-refractivity contribution in [2.24, 2.45) is 0 Å². The van der Waals surface area contributed by atoms with Gasteiger partial charge >= 0.3 is 0 Å². The van der Waals surface area contributed by atoms with Crippen LogP contribution in [0.1, 0.15) is 27.2 Å². The van der Waals surface area contributed by atoms with Gasteiger partial charge in [-0.3, -0.25) is 4.79 Å². The number of nitrogens with zero attached hydrogens (tertiary/aromatic N) is 5. The summed E-state index contributed by atoms with van der Waals surface area (Å²) in [5, 5.41) is 0.584. The lowest BCUT2D eigenvalue weighted by molar-refractivity contribution is 0.0732. The lowest BCUT2D eigenvalue weighted by Crippen LogP contribution is -2.45. The molecule has 1 amide bonds. The molecule has 1 aromatic heterocycles. The summed E-state index contributed by atoms with van der Waals surface area (Å²) in [5.41, 5.74) is 2.72. The Morgan fingerprint density at radius 3 is 2.49 bits per heavy atom. The summed E-state index contributed by atoms with van der Waals surface area (Å²) in [7, 11) is 2.10. The van der Waals surface area contributed by atoms with Gasteiger partial charge in [-0.25, -0.2) is 9.37 Å². The fourth-order valence-electron chi connectivity index (χ4n) is 4.34. The molecule has 1 saturated heterocycles. The molecule has 0 radical (unpaired) electrons. The van der Waals surface area contributed by atoms with E-state index in [9.17, 15) is 9.18 Å². The number of ether oxygens (including phenoxy) is 1. The number of halogens is 2. The van der Waals surface area contributed by atoms with E-state index in [2.05, 4.69) is 16.8 Å². The second kappa shape index (κ2) is 9.79. The molecule has 5 rings (SSSR count). The third kappa shape index (κ3) is 5.09. The van der Waals surface area contributed by atoms with Crippen molar-refractivity contribution < 1.29 is 13.9 Å². The molecule has 0 saturated carbocycles. The average molecular weight is 496 g/mol. The number of hydrogen-bond acceptors (Lipinski definition) is 6. The van der Waals surface area contributed by atoms with Gasteiger partial charge in [0.15, 0.2) is 0 Å². The minimum Gasteiger partial charge on any atom is -0.438 e. The normalized spacial score (nSPS) is 16.2. The standard InChI is InChI=1S/C26H27ClFN5O2/c1-17-15-20(7-8-22(17)28)35-24-21-16-33(25(34)18-3-5-19(27)6-4-18)10-9-23(21)29-26(30-24)32-13-11-31(2)12-14-32/h3-8,15H,9-14,16H2,1-2H3. The zero-order valence-corrected chi connectivity index (χ0v) is 20.6. The van der Waals surface area contributed by atoms with E-state index in [0.29, 0.717) is 53.2 Å². The fraction of sp³-hybridized carbons (Fsp3) is 0.346. The number of amides is 1. The van der Waals surface area contributed by atoms with Crippen LogP contribution in [0.15, 0.2) is 42.5 Å². The number of aryl methyl sites for hydroxylation is 1. The Morgan fingerprint density at radius 2 is 1.77 bits per heavy atom. The van der Waals surface area contributed by atoms with E-state index in [0.717, 1.165) is 37.4 Å². The van der Waals surface area contributed by atoms with Crippen LogP contribution in [-0.2, 0) is 13.0 Å². The molecule has 0 N–H and O–H groups in total. The molecule has 0 spiro atoms. The number of piperazine rings is 1. The van der Waals surface area contributed by atoms with Crippen LogP contribution in [0.2, 0.25) is 5.02 Å². The van der Waals surface area contributed by atoms with Crippen LogP contribution in [0, 0.1) is 12.7 Å². The van der Waals surface area contributed by atoms with E-state index in [-0.39, 0.29) is 11.7 Å². The number of fused-ring (bicyclic) bond motifs is 1. The number of hydrogen-bond donors (Lipinski definition) is 0. The molecular formula is C26H27ClFN5O2. The zero-order valence-electron chi connectivity index (χ0n) is 19.8. The van der Waals surface area contributed by atoms with Gasteiger partial charge < -0.3 is 19.4 Å². The number of carbonyl (C=O) groups is 1. The highest BCUT2D eigenvalue weighted by Gasteiger charge is 2.29. The first kappa shape index (κ1) is 23.5. The summed E-state index contributed by atoms with van der Waals surface area (Å²) < 4.78 is 20.0. The van der Waals surface area contributed by atoms with Gasteiger partial charge in [-0.2, -0.15) is 4.98 Å². The number of rotatable bonds is 4. The van der Waals surface area contributed by atoms with Crippen LogP contribution >= 0.6 is 11.6 Å². The molecule has 3 heterocycles. The molecule has 2 aromatic carbocycles. The third-order valence-electron chi connectivity index (χ3n) is 6.52. The van der Waals surface area contributed by atoms with Crippen molar-refractivity contribution in [3.05, 3.63) is 75.7 Å². The number of aromatic nitrogens is 2. The highest BCUT2D eigenvalue weighted by atomic mass is 35.5. The number of likely N-dealkylation sites (N-methyl/N-ethyl adjacent to an activating group) is 1. The second-order valence-electron chi connectivity index (χ2n) is 9.04. The Labute approximate surface area is 209 Å². The van der Waals surface area contributed by atoms with Crippen LogP contribution < -0.4 is 9.64 Å². The SMILES string of the molecule is Cc1cc(Oc2nc(N3CCN(C)CC3)nc3c2CN(C(=O)c2ccc(Cl)cc2)CC3)ccc1F. The van der Waals surface area contributed by atoms with E-state index < -0.39 is 0 Å². The Hall–Kier alpha value is -3.23. The van der Waals surface area contributed by atoms with Crippen molar-refractivity contribution in [2.75, 3.05) is 44.7 Å². The van der Waals surface area contributed by atoms with Gasteiger partial charge in [-0.15, -0.1) is 0 Å². The van der Waals surface area contributed by atoms with Crippen LogP contribution in [0.3, 0.4) is 0 Å². The van der Waals surface area contributed by atoms with Crippen molar-refractivity contribution >= 4 is 23.5 Å². The molecule has 7 nitrogen and oxygen atoms in total. The Balaban J connectivity index is 1.48. The van der Waals surface area contributed by atoms with Gasteiger partial charge in [-0.1, -0.05) is 11.6 Å². The maximum absolute atomic E-state index is 13.8. The summed E-state index contributed by atoms with van der Waals surface area (Å²) in [6.07, 6.45) is 0.594. The monoisotopic (exact) mass is 495 g/mol. The summed E-state index contributed by atoms with van der Waals surface area (Å²) >= 11 is 5.99. The van der Waals surface area contributed by atoms with E-state index >= 15 is 0 Å². The smallest absolute Gasteiger partial charge is 0.254 e. The molecule has 3 aromatic rings. The number of benzene rings is 2. The molecule has 2 aliphatic heterocycles. The minimum absolute atomic E-state index is 0.0842. The van der Waals surface area contributed by atoms with Crippen LogP contribution in [0.4, 0.5) is 10.3 Å². The molecule has 0 bridgehead atoms. The highest BCUT2D eigenvalue weighted by molar-refractivity contribution is 6.30. The molecule has 0 unspecified atom stereocenters. The quantitative estimate of drug-likeness (QED) is 0.537. The van der Waals surface area contributed by atoms with Gasteiger partial charge in [0.05, 0.1) is 17.8 Å². The topological polar surface area (TPSA) is 61.8 Å². The lowest BCUT2D eigenvalue weighted by atomic mass is 10.1. The Bertz CT molecular complexity index is 1250. The maximum Gasteiger partial charge on any atom is 0.254 e. The first-order valence-corrected chi connectivity index (χ1v) is 12.1. The van der Waals surface area contributed by atoms with E-state index in [1.807, 2.05) is 0 Å². The molecule has 182 valence electrons. The van der Waals surface area contributed by atoms with Crippen LogP contribution in [-0.4, -0.2) is 65.4 Å². The number of carbonyl (C=O) groups excluding carboxylic acids is 1. The van der Waals surface area contributed by atoms with Crippen molar-refractivity contribution in [3.63, 3.8) is 0 Å². The number of anilines is 1. The maximum atomic E-state index is 13.8. The van der Waals surface area contributed by atoms with Gasteiger partial charge in [0, 0.05) is 49.7 Å². The molecule has 2 aliphatic rings. The predicted molar refractivity (Wildman–Crippen MR) is 133 cm³/mol. The molecule has 0 atom stereocenters. The average Bonchev–Trinajstić information content (AvgIpc) is 2.86. The molecule has 0 aliphatic carbocycles. The highest BCUT2D eigenvalue weighted by Crippen LogP contribution is 2.32. The van der Waals surface area contributed by atoms with Crippen molar-refractivity contribution in [1.29, 1.82) is 0 Å². The second-order valence-corrected chi connectivity index (χ2v) is 9.48. The lowest BCUT2D eigenvalue weighted by Gasteiger charge is -2.34. The molecule has 1 fully saturated rings. The fourth-order valence-corrected chi connectivity index (χ4v) is 4.47. The summed E-state index contributed by atoms with van der Waals surface area (Å²) in [6.45, 7) is 6.07. The van der Waals surface area contributed by atoms with Crippen LogP contribution in [0.5, 0.6) is 11.6 Å². The third-order valence-corrected chi connectivity index (χ3v) is 6.77. The Morgan fingerprint density at radius 1 is 1.03 bits per heavy atom. The van der Waals surface area contributed by atoms with Crippen molar-refractivity contribution in [1.82, 2.24) is 19.8 Å². The predicted octanol–water partition coefficient (Wildman–Crippen LogP) is 4.32. The van der Waals surface area contributed by atoms with E-state index in [1.54, 1.807) is 48.2 Å². The molecule has 35 heavy (non-hydrogen) atoms. The minimum atomic E-state index is -0.292. The van der Waals surface area contributed by atoms with Crippen molar-refractivity contribution in [2.45, 2.75) is 19.9 Å². The van der Waals surface area contributed by atoms with Gasteiger partial charge in [0.25, 0.3) is 5.91 Å².